The van der Waals surface area contributed by atoms with Crippen molar-refractivity contribution in [2.45, 2.75) is 18.9 Å². The summed E-state index contributed by atoms with van der Waals surface area (Å²) in [4.78, 5) is 14.3. The number of piperidine rings is 1. The molecule has 4 nitrogen and oxygen atoms in total. The van der Waals surface area contributed by atoms with Crippen molar-refractivity contribution < 1.29 is 9.53 Å². The first-order valence-corrected chi connectivity index (χ1v) is 6.60. The Hall–Kier alpha value is -1.52. The number of benzene rings is 1. The van der Waals surface area contributed by atoms with Crippen LogP contribution in [0.1, 0.15) is 23.2 Å². The number of ether oxygens (including phenoxy) is 1. The van der Waals surface area contributed by atoms with Crippen molar-refractivity contribution in [3.63, 3.8) is 0 Å². The van der Waals surface area contributed by atoms with Gasteiger partial charge in [0.1, 0.15) is 12.4 Å². The number of carbonyl (C=O) groups is 1. The van der Waals surface area contributed by atoms with Crippen LogP contribution in [0.15, 0.2) is 36.9 Å². The van der Waals surface area contributed by atoms with E-state index in [2.05, 4.69) is 6.58 Å². The van der Waals surface area contributed by atoms with Crippen molar-refractivity contribution in [1.29, 1.82) is 0 Å². The largest absolute Gasteiger partial charge is 0.489 e. The maximum atomic E-state index is 12.5. The molecule has 110 valence electrons. The smallest absolute Gasteiger partial charge is 0.257 e. The lowest BCUT2D eigenvalue weighted by molar-refractivity contribution is 0.0705. The minimum absolute atomic E-state index is 0. The minimum Gasteiger partial charge on any atom is -0.489 e. The number of likely N-dealkylation sites (tertiary alicyclic amines) is 1. The van der Waals surface area contributed by atoms with E-state index < -0.39 is 0 Å². The zero-order chi connectivity index (χ0) is 13.7. The molecule has 1 saturated heterocycles. The van der Waals surface area contributed by atoms with Crippen LogP contribution in [0.2, 0.25) is 0 Å². The van der Waals surface area contributed by atoms with Crippen LogP contribution in [0.4, 0.5) is 0 Å². The molecule has 0 spiro atoms. The average Bonchev–Trinajstić information content (AvgIpc) is 2.44. The Morgan fingerprint density at radius 3 is 2.95 bits per heavy atom. The van der Waals surface area contributed by atoms with Crippen LogP contribution in [-0.2, 0) is 0 Å². The minimum atomic E-state index is -0.00480. The number of amides is 1. The topological polar surface area (TPSA) is 55.6 Å². The average molecular weight is 297 g/mol. The number of nitrogens with zero attached hydrogens (tertiary/aromatic N) is 1. The predicted molar refractivity (Wildman–Crippen MR) is 82.5 cm³/mol. The molecule has 2 rings (SSSR count). The van der Waals surface area contributed by atoms with E-state index in [0.29, 0.717) is 24.5 Å². The fourth-order valence-corrected chi connectivity index (χ4v) is 2.28. The van der Waals surface area contributed by atoms with E-state index in [9.17, 15) is 4.79 Å². The molecule has 2 N–H and O–H groups in total. The van der Waals surface area contributed by atoms with Crippen LogP contribution in [0.3, 0.4) is 0 Å². The number of hydrogen-bond acceptors (Lipinski definition) is 3. The van der Waals surface area contributed by atoms with Crippen LogP contribution >= 0.6 is 12.4 Å². The monoisotopic (exact) mass is 296 g/mol. The van der Waals surface area contributed by atoms with E-state index in [-0.39, 0.29) is 24.4 Å². The molecule has 20 heavy (non-hydrogen) atoms. The first kappa shape index (κ1) is 16.5. The van der Waals surface area contributed by atoms with Gasteiger partial charge in [-0.25, -0.2) is 0 Å². The second kappa shape index (κ2) is 7.92. The van der Waals surface area contributed by atoms with E-state index in [1.807, 2.05) is 17.0 Å². The maximum Gasteiger partial charge on any atom is 0.257 e. The summed E-state index contributed by atoms with van der Waals surface area (Å²) >= 11 is 0. The number of hydrogen-bond donors (Lipinski definition) is 1. The molecule has 1 aliphatic rings. The first-order valence-electron chi connectivity index (χ1n) is 6.60. The first-order chi connectivity index (χ1) is 9.22. The van der Waals surface area contributed by atoms with Gasteiger partial charge in [0.15, 0.2) is 0 Å². The molecule has 5 heteroatoms. The highest BCUT2D eigenvalue weighted by molar-refractivity contribution is 5.97. The van der Waals surface area contributed by atoms with Gasteiger partial charge < -0.3 is 15.4 Å². The third kappa shape index (κ3) is 3.99. The highest BCUT2D eigenvalue weighted by atomic mass is 35.5. The van der Waals surface area contributed by atoms with Gasteiger partial charge in [0, 0.05) is 19.1 Å². The van der Waals surface area contributed by atoms with Crippen molar-refractivity contribution in [1.82, 2.24) is 4.90 Å². The van der Waals surface area contributed by atoms with E-state index in [1.165, 1.54) is 0 Å². The second-order valence-corrected chi connectivity index (χ2v) is 4.75. The fourth-order valence-electron chi connectivity index (χ4n) is 2.28. The quantitative estimate of drug-likeness (QED) is 0.867. The molecule has 0 aliphatic carbocycles. The van der Waals surface area contributed by atoms with E-state index in [0.717, 1.165) is 19.4 Å². The van der Waals surface area contributed by atoms with Crippen LogP contribution in [-0.4, -0.2) is 36.5 Å². The van der Waals surface area contributed by atoms with Crippen LogP contribution < -0.4 is 10.5 Å². The molecule has 1 unspecified atom stereocenters. The highest BCUT2D eigenvalue weighted by Crippen LogP contribution is 2.21. The van der Waals surface area contributed by atoms with Crippen molar-refractivity contribution >= 4 is 18.3 Å². The van der Waals surface area contributed by atoms with Gasteiger partial charge in [-0.05, 0) is 25.0 Å². The summed E-state index contributed by atoms with van der Waals surface area (Å²) in [6.07, 6.45) is 3.61. The Morgan fingerprint density at radius 2 is 2.25 bits per heavy atom. The van der Waals surface area contributed by atoms with Gasteiger partial charge >= 0.3 is 0 Å². The molecule has 0 bridgehead atoms. The molecule has 1 atom stereocenters. The van der Waals surface area contributed by atoms with E-state index in [1.54, 1.807) is 18.2 Å². The second-order valence-electron chi connectivity index (χ2n) is 4.75. The van der Waals surface area contributed by atoms with Crippen molar-refractivity contribution in [2.24, 2.45) is 5.73 Å². The van der Waals surface area contributed by atoms with Crippen molar-refractivity contribution in [2.75, 3.05) is 19.7 Å². The number of rotatable bonds is 4. The Labute approximate surface area is 126 Å². The normalized spacial score (nSPS) is 18.1. The summed E-state index contributed by atoms with van der Waals surface area (Å²) in [5.74, 6) is 0.598. The molecule has 1 aromatic carbocycles. The summed E-state index contributed by atoms with van der Waals surface area (Å²) in [5, 5.41) is 0. The zero-order valence-corrected chi connectivity index (χ0v) is 12.3. The van der Waals surface area contributed by atoms with Gasteiger partial charge in [-0.3, -0.25) is 4.79 Å². The summed E-state index contributed by atoms with van der Waals surface area (Å²) < 4.78 is 5.53. The van der Waals surface area contributed by atoms with E-state index >= 15 is 0 Å². The summed E-state index contributed by atoms with van der Waals surface area (Å²) in [6.45, 7) is 5.39. The van der Waals surface area contributed by atoms with Gasteiger partial charge in [0.05, 0.1) is 5.56 Å². The lowest BCUT2D eigenvalue weighted by atomic mass is 10.0. The molecule has 1 aliphatic heterocycles. The molecule has 1 aromatic rings. The standard InChI is InChI=1S/C15H20N2O2.ClH/c1-2-10-19-14-8-4-3-7-13(14)15(18)17-9-5-6-12(16)11-17;/h2-4,7-8,12H,1,5-6,9-11,16H2;1H. The molecule has 1 fully saturated rings. The van der Waals surface area contributed by atoms with Gasteiger partial charge in [-0.2, -0.15) is 0 Å². The zero-order valence-electron chi connectivity index (χ0n) is 11.5. The molecule has 1 amide bonds. The van der Waals surface area contributed by atoms with Gasteiger partial charge in [0.25, 0.3) is 5.91 Å². The van der Waals surface area contributed by atoms with Crippen molar-refractivity contribution in [3.8, 4) is 5.75 Å². The summed E-state index contributed by atoms with van der Waals surface area (Å²) in [5.41, 5.74) is 6.52. The van der Waals surface area contributed by atoms with E-state index in [4.69, 9.17) is 10.5 Å². The Bertz CT molecular complexity index is 465. The molecule has 0 aromatic heterocycles. The molecule has 1 heterocycles. The van der Waals surface area contributed by atoms with Crippen molar-refractivity contribution in [3.05, 3.63) is 42.5 Å². The fraction of sp³-hybridized carbons (Fsp3) is 0.400. The maximum absolute atomic E-state index is 12.5. The number of para-hydroxylation sites is 1. The number of nitrogens with two attached hydrogens (primary N) is 1. The third-order valence-corrected chi connectivity index (χ3v) is 3.22. The molecule has 0 radical (unpaired) electrons. The van der Waals surface area contributed by atoms with Crippen LogP contribution in [0, 0.1) is 0 Å². The molecular weight excluding hydrogens is 276 g/mol. The number of carbonyl (C=O) groups excluding carboxylic acids is 1. The Kier molecular flexibility index (Phi) is 6.55. The summed E-state index contributed by atoms with van der Waals surface area (Å²) in [7, 11) is 0. The highest BCUT2D eigenvalue weighted by Gasteiger charge is 2.24. The third-order valence-electron chi connectivity index (χ3n) is 3.22. The molecule has 0 saturated carbocycles. The lowest BCUT2D eigenvalue weighted by Crippen LogP contribution is -2.45. The SMILES string of the molecule is C=CCOc1ccccc1C(=O)N1CCCC(N)C1.Cl. The van der Waals surface area contributed by atoms with Gasteiger partial charge in [-0.1, -0.05) is 24.8 Å². The van der Waals surface area contributed by atoms with Crippen LogP contribution in [0.5, 0.6) is 5.75 Å². The molecular formula is C15H21ClN2O2. The lowest BCUT2D eigenvalue weighted by Gasteiger charge is -2.31. The van der Waals surface area contributed by atoms with Crippen LogP contribution in [0.25, 0.3) is 0 Å². The van der Waals surface area contributed by atoms with Gasteiger partial charge in [-0.15, -0.1) is 12.4 Å². The Balaban J connectivity index is 0.00000200. The number of halogens is 1. The Morgan fingerprint density at radius 1 is 1.50 bits per heavy atom. The summed E-state index contributed by atoms with van der Waals surface area (Å²) in [6, 6.07) is 7.38. The predicted octanol–water partition coefficient (Wildman–Crippen LogP) is 2.24. The van der Waals surface area contributed by atoms with Gasteiger partial charge in [0.2, 0.25) is 0 Å².